The molecule has 6 heteroatoms. The van der Waals surface area contributed by atoms with Crippen molar-refractivity contribution in [3.05, 3.63) is 29.9 Å². The first-order chi connectivity index (χ1) is 9.83. The molecule has 2 rings (SSSR count). The number of hydrogen-bond donors (Lipinski definition) is 1. The van der Waals surface area contributed by atoms with Gasteiger partial charge in [0.15, 0.2) is 6.29 Å². The first-order valence-electron chi connectivity index (χ1n) is 6.66. The van der Waals surface area contributed by atoms with Gasteiger partial charge in [-0.05, 0) is 25.3 Å². The van der Waals surface area contributed by atoms with Gasteiger partial charge in [-0.2, -0.15) is 0 Å². The predicted octanol–water partition coefficient (Wildman–Crippen LogP) is 3.02. The van der Waals surface area contributed by atoms with Crippen LogP contribution >= 0.6 is 11.3 Å². The SMILES string of the molecule is CCOC(CNc1cc(-c2cccs2)ncn1)OCC. The molecule has 0 amide bonds. The molecule has 108 valence electrons. The summed E-state index contributed by atoms with van der Waals surface area (Å²) in [5, 5.41) is 5.25. The fourth-order valence-electron chi connectivity index (χ4n) is 1.74. The van der Waals surface area contributed by atoms with Gasteiger partial charge in [0.25, 0.3) is 0 Å². The molecule has 0 fully saturated rings. The van der Waals surface area contributed by atoms with E-state index in [9.17, 15) is 0 Å². The molecule has 0 radical (unpaired) electrons. The van der Waals surface area contributed by atoms with Crippen LogP contribution < -0.4 is 5.32 Å². The van der Waals surface area contributed by atoms with Crippen LogP contribution in [0.5, 0.6) is 0 Å². The average Bonchev–Trinajstić information content (AvgIpc) is 3.00. The lowest BCUT2D eigenvalue weighted by Crippen LogP contribution is -2.26. The average molecular weight is 293 g/mol. The number of hydrogen-bond acceptors (Lipinski definition) is 6. The van der Waals surface area contributed by atoms with Gasteiger partial charge in [-0.25, -0.2) is 9.97 Å². The summed E-state index contributed by atoms with van der Waals surface area (Å²) in [4.78, 5) is 9.62. The van der Waals surface area contributed by atoms with E-state index < -0.39 is 0 Å². The molecule has 0 aliphatic heterocycles. The number of nitrogens with one attached hydrogen (secondary N) is 1. The van der Waals surface area contributed by atoms with Gasteiger partial charge in [0.1, 0.15) is 12.1 Å². The summed E-state index contributed by atoms with van der Waals surface area (Å²) in [6.07, 6.45) is 1.30. The van der Waals surface area contributed by atoms with Crippen molar-refractivity contribution in [3.8, 4) is 10.6 Å². The Labute approximate surface area is 123 Å². The van der Waals surface area contributed by atoms with Crippen LogP contribution in [-0.4, -0.2) is 36.0 Å². The predicted molar refractivity (Wildman–Crippen MR) is 80.9 cm³/mol. The van der Waals surface area contributed by atoms with Gasteiger partial charge in [-0.3, -0.25) is 0 Å². The highest BCUT2D eigenvalue weighted by atomic mass is 32.1. The molecule has 2 heterocycles. The quantitative estimate of drug-likeness (QED) is 0.758. The minimum Gasteiger partial charge on any atom is -0.365 e. The molecule has 0 unspecified atom stereocenters. The van der Waals surface area contributed by atoms with E-state index in [4.69, 9.17) is 9.47 Å². The van der Waals surface area contributed by atoms with Gasteiger partial charge in [-0.1, -0.05) is 6.07 Å². The summed E-state index contributed by atoms with van der Waals surface area (Å²) in [6, 6.07) is 5.98. The highest BCUT2D eigenvalue weighted by Crippen LogP contribution is 2.23. The Morgan fingerprint density at radius 2 is 2.05 bits per heavy atom. The van der Waals surface area contributed by atoms with E-state index in [1.54, 1.807) is 17.7 Å². The second-order valence-electron chi connectivity index (χ2n) is 3.99. The van der Waals surface area contributed by atoms with Gasteiger partial charge in [-0.15, -0.1) is 11.3 Å². The van der Waals surface area contributed by atoms with Gasteiger partial charge in [0.05, 0.1) is 17.1 Å². The van der Waals surface area contributed by atoms with Crippen LogP contribution in [0, 0.1) is 0 Å². The number of rotatable bonds is 8. The summed E-state index contributed by atoms with van der Waals surface area (Å²) in [5.41, 5.74) is 0.918. The molecular formula is C14H19N3O2S. The third kappa shape index (κ3) is 4.26. The molecule has 0 saturated heterocycles. The number of ether oxygens (including phenoxy) is 2. The number of nitrogens with zero attached hydrogens (tertiary/aromatic N) is 2. The first-order valence-corrected chi connectivity index (χ1v) is 7.54. The number of anilines is 1. The van der Waals surface area contributed by atoms with E-state index in [-0.39, 0.29) is 6.29 Å². The monoisotopic (exact) mass is 293 g/mol. The third-order valence-corrected chi connectivity index (χ3v) is 3.49. The molecule has 2 aromatic heterocycles. The zero-order valence-corrected chi connectivity index (χ0v) is 12.5. The van der Waals surface area contributed by atoms with Crippen LogP contribution in [0.25, 0.3) is 10.6 Å². The molecule has 5 nitrogen and oxygen atoms in total. The standard InChI is InChI=1S/C14H19N3O2S/c1-3-18-14(19-4-2)9-15-13-8-11(16-10-17-13)12-6-5-7-20-12/h5-8,10,14H,3-4,9H2,1-2H3,(H,15,16,17). The van der Waals surface area contributed by atoms with Crippen molar-refractivity contribution in [2.75, 3.05) is 25.1 Å². The van der Waals surface area contributed by atoms with Crippen LogP contribution in [0.15, 0.2) is 29.9 Å². The minimum atomic E-state index is -0.259. The third-order valence-electron chi connectivity index (χ3n) is 2.60. The Balaban J connectivity index is 1.97. The number of thiophene rings is 1. The van der Waals surface area contributed by atoms with E-state index in [0.717, 1.165) is 16.4 Å². The van der Waals surface area contributed by atoms with E-state index >= 15 is 0 Å². The second kappa shape index (κ2) is 7.94. The Morgan fingerprint density at radius 1 is 1.25 bits per heavy atom. The molecule has 0 atom stereocenters. The Morgan fingerprint density at radius 3 is 2.70 bits per heavy atom. The maximum Gasteiger partial charge on any atom is 0.174 e. The molecule has 0 aliphatic carbocycles. The van der Waals surface area contributed by atoms with Crippen molar-refractivity contribution in [1.29, 1.82) is 0 Å². The summed E-state index contributed by atoms with van der Waals surface area (Å²) in [6.45, 7) is 5.70. The van der Waals surface area contributed by atoms with Gasteiger partial charge in [0, 0.05) is 19.3 Å². The van der Waals surface area contributed by atoms with Crippen LogP contribution in [0.3, 0.4) is 0 Å². The van der Waals surface area contributed by atoms with E-state index in [1.807, 2.05) is 37.4 Å². The highest BCUT2D eigenvalue weighted by Gasteiger charge is 2.08. The topological polar surface area (TPSA) is 56.3 Å². The molecule has 2 aromatic rings. The maximum absolute atomic E-state index is 5.48. The van der Waals surface area contributed by atoms with Gasteiger partial charge in [0.2, 0.25) is 0 Å². The van der Waals surface area contributed by atoms with Crippen LogP contribution in [-0.2, 0) is 9.47 Å². The van der Waals surface area contributed by atoms with Crippen molar-refractivity contribution in [3.63, 3.8) is 0 Å². The minimum absolute atomic E-state index is 0.259. The largest absolute Gasteiger partial charge is 0.365 e. The van der Waals surface area contributed by atoms with Crippen molar-refractivity contribution in [2.45, 2.75) is 20.1 Å². The van der Waals surface area contributed by atoms with Crippen LogP contribution in [0.2, 0.25) is 0 Å². The van der Waals surface area contributed by atoms with Crippen molar-refractivity contribution in [2.24, 2.45) is 0 Å². The molecule has 0 aromatic carbocycles. The molecular weight excluding hydrogens is 274 g/mol. The smallest absolute Gasteiger partial charge is 0.174 e. The first kappa shape index (κ1) is 14.9. The van der Waals surface area contributed by atoms with E-state index in [2.05, 4.69) is 15.3 Å². The van der Waals surface area contributed by atoms with E-state index in [1.165, 1.54) is 0 Å². The lowest BCUT2D eigenvalue weighted by molar-refractivity contribution is -0.126. The van der Waals surface area contributed by atoms with Crippen LogP contribution in [0.4, 0.5) is 5.82 Å². The van der Waals surface area contributed by atoms with E-state index in [0.29, 0.717) is 19.8 Å². The normalized spacial score (nSPS) is 10.9. The zero-order valence-electron chi connectivity index (χ0n) is 11.7. The molecule has 1 N–H and O–H groups in total. The lowest BCUT2D eigenvalue weighted by Gasteiger charge is -2.17. The summed E-state index contributed by atoms with van der Waals surface area (Å²) in [7, 11) is 0. The lowest BCUT2D eigenvalue weighted by atomic mass is 10.3. The Bertz CT molecular complexity index is 499. The summed E-state index contributed by atoms with van der Waals surface area (Å²) in [5.74, 6) is 0.771. The molecule has 0 saturated carbocycles. The molecule has 0 bridgehead atoms. The van der Waals surface area contributed by atoms with Crippen molar-refractivity contribution in [1.82, 2.24) is 9.97 Å². The molecule has 0 aliphatic rings. The van der Waals surface area contributed by atoms with Crippen LogP contribution in [0.1, 0.15) is 13.8 Å². The zero-order chi connectivity index (χ0) is 14.2. The number of aromatic nitrogens is 2. The van der Waals surface area contributed by atoms with Crippen molar-refractivity contribution < 1.29 is 9.47 Å². The summed E-state index contributed by atoms with van der Waals surface area (Å²) < 4.78 is 11.0. The maximum atomic E-state index is 5.48. The molecule has 20 heavy (non-hydrogen) atoms. The highest BCUT2D eigenvalue weighted by molar-refractivity contribution is 7.13. The Kier molecular flexibility index (Phi) is 5.91. The summed E-state index contributed by atoms with van der Waals surface area (Å²) >= 11 is 1.66. The van der Waals surface area contributed by atoms with Gasteiger partial charge >= 0.3 is 0 Å². The van der Waals surface area contributed by atoms with Crippen molar-refractivity contribution >= 4 is 17.2 Å². The fraction of sp³-hybridized carbons (Fsp3) is 0.429. The van der Waals surface area contributed by atoms with Gasteiger partial charge < -0.3 is 14.8 Å². The fourth-order valence-corrected chi connectivity index (χ4v) is 2.43. The molecule has 0 spiro atoms. The Hall–Kier alpha value is -1.50. The second-order valence-corrected chi connectivity index (χ2v) is 4.93.